The van der Waals surface area contributed by atoms with Crippen molar-refractivity contribution in [1.29, 1.82) is 0 Å². The smallest absolute Gasteiger partial charge is 0.203 e. The van der Waals surface area contributed by atoms with Gasteiger partial charge in [0.05, 0.1) is 27.9 Å². The van der Waals surface area contributed by atoms with Crippen LogP contribution in [0.25, 0.3) is 0 Å². The number of rotatable bonds is 5. The number of hydrogen-bond donors (Lipinski definition) is 1. The van der Waals surface area contributed by atoms with Crippen LogP contribution in [0.4, 0.5) is 0 Å². The van der Waals surface area contributed by atoms with Gasteiger partial charge in [-0.05, 0) is 17.7 Å². The zero-order valence-corrected chi connectivity index (χ0v) is 11.3. The minimum atomic E-state index is -0.357. The van der Waals surface area contributed by atoms with Gasteiger partial charge < -0.3 is 29.4 Å². The predicted octanol–water partition coefficient (Wildman–Crippen LogP) is 1.09. The molecule has 0 saturated carbocycles. The Morgan fingerprint density at radius 3 is 2.21 bits per heavy atom. The van der Waals surface area contributed by atoms with Crippen molar-refractivity contribution in [1.82, 2.24) is 0 Å². The maximum atomic E-state index is 5.67. The molecule has 1 aliphatic rings. The first-order valence-electron chi connectivity index (χ1n) is 6.00. The average molecular weight is 269 g/mol. The number of benzene rings is 1. The van der Waals surface area contributed by atoms with Crippen LogP contribution < -0.4 is 19.9 Å². The fourth-order valence-corrected chi connectivity index (χ4v) is 2.04. The fourth-order valence-electron chi connectivity index (χ4n) is 2.04. The maximum absolute atomic E-state index is 5.67. The highest BCUT2D eigenvalue weighted by atomic mass is 16.7. The van der Waals surface area contributed by atoms with Crippen molar-refractivity contribution in [3.05, 3.63) is 17.7 Å². The molecule has 1 aromatic rings. The van der Waals surface area contributed by atoms with Gasteiger partial charge in [0.1, 0.15) is 6.10 Å². The van der Waals surface area contributed by atoms with E-state index in [-0.39, 0.29) is 12.4 Å². The summed E-state index contributed by atoms with van der Waals surface area (Å²) in [5, 5.41) is 0. The molecule has 6 heteroatoms. The summed E-state index contributed by atoms with van der Waals surface area (Å²) in [5.74, 6) is 1.75. The zero-order valence-electron chi connectivity index (χ0n) is 11.3. The van der Waals surface area contributed by atoms with Gasteiger partial charge in [-0.2, -0.15) is 0 Å². The number of methoxy groups -OCH3 is 3. The first-order chi connectivity index (χ1) is 9.23. The van der Waals surface area contributed by atoms with Gasteiger partial charge in [0.15, 0.2) is 17.8 Å². The second kappa shape index (κ2) is 6.10. The fraction of sp³-hybridized carbons (Fsp3) is 0.538. The zero-order chi connectivity index (χ0) is 13.8. The molecule has 0 spiro atoms. The van der Waals surface area contributed by atoms with E-state index in [1.165, 1.54) is 0 Å². The normalized spacial score (nSPS) is 22.3. The molecule has 6 nitrogen and oxygen atoms in total. The van der Waals surface area contributed by atoms with Crippen molar-refractivity contribution in [3.63, 3.8) is 0 Å². The molecule has 1 aromatic carbocycles. The summed E-state index contributed by atoms with van der Waals surface area (Å²) < 4.78 is 27.0. The van der Waals surface area contributed by atoms with E-state index in [0.29, 0.717) is 30.4 Å². The summed E-state index contributed by atoms with van der Waals surface area (Å²) in [7, 11) is 4.73. The van der Waals surface area contributed by atoms with Crippen molar-refractivity contribution in [2.45, 2.75) is 12.4 Å². The second-order valence-electron chi connectivity index (χ2n) is 4.08. The molecule has 0 bridgehead atoms. The average Bonchev–Trinajstić information content (AvgIpc) is 2.94. The Balaban J connectivity index is 2.31. The molecule has 0 aliphatic carbocycles. The molecular weight excluding hydrogens is 250 g/mol. The number of hydrogen-bond acceptors (Lipinski definition) is 6. The standard InChI is InChI=1S/C13H19NO5/c1-15-9-4-8(5-10(16-2)13(9)17-3)11-7-18-12(6-14)19-11/h4-5,11-12H,6-7,14H2,1-3H3. The van der Waals surface area contributed by atoms with E-state index >= 15 is 0 Å². The molecule has 1 saturated heterocycles. The summed E-state index contributed by atoms with van der Waals surface area (Å²) in [5.41, 5.74) is 6.42. The summed E-state index contributed by atoms with van der Waals surface area (Å²) in [4.78, 5) is 0. The minimum absolute atomic E-state index is 0.178. The quantitative estimate of drug-likeness (QED) is 0.862. The third kappa shape index (κ3) is 2.75. The highest BCUT2D eigenvalue weighted by molar-refractivity contribution is 5.54. The lowest BCUT2D eigenvalue weighted by molar-refractivity contribution is -0.0497. The Kier molecular flexibility index (Phi) is 4.47. The topological polar surface area (TPSA) is 72.2 Å². The monoisotopic (exact) mass is 269 g/mol. The SMILES string of the molecule is COc1cc(C2COC(CN)O2)cc(OC)c1OC. The van der Waals surface area contributed by atoms with Crippen molar-refractivity contribution in [2.24, 2.45) is 5.73 Å². The molecule has 1 heterocycles. The summed E-state index contributed by atoms with van der Waals surface area (Å²) >= 11 is 0. The molecule has 0 amide bonds. The van der Waals surface area contributed by atoms with Gasteiger partial charge in [-0.3, -0.25) is 0 Å². The first kappa shape index (κ1) is 13.9. The molecular formula is C13H19NO5. The molecule has 2 unspecified atom stereocenters. The first-order valence-corrected chi connectivity index (χ1v) is 6.00. The van der Waals surface area contributed by atoms with E-state index in [9.17, 15) is 0 Å². The van der Waals surface area contributed by atoms with Crippen molar-refractivity contribution in [3.8, 4) is 17.2 Å². The van der Waals surface area contributed by atoms with E-state index in [1.807, 2.05) is 12.1 Å². The number of ether oxygens (including phenoxy) is 5. The Hall–Kier alpha value is -1.50. The molecule has 0 aromatic heterocycles. The Bertz CT molecular complexity index is 412. The summed E-state index contributed by atoms with van der Waals surface area (Å²) in [6.45, 7) is 0.793. The van der Waals surface area contributed by atoms with Crippen LogP contribution in [0, 0.1) is 0 Å². The van der Waals surface area contributed by atoms with Gasteiger partial charge >= 0.3 is 0 Å². The van der Waals surface area contributed by atoms with E-state index in [0.717, 1.165) is 5.56 Å². The van der Waals surface area contributed by atoms with Crippen molar-refractivity contribution >= 4 is 0 Å². The van der Waals surface area contributed by atoms with Gasteiger partial charge in [-0.1, -0.05) is 0 Å². The van der Waals surface area contributed by atoms with Crippen LogP contribution in [0.5, 0.6) is 17.2 Å². The largest absolute Gasteiger partial charge is 0.493 e. The van der Waals surface area contributed by atoms with Gasteiger partial charge in [0, 0.05) is 6.54 Å². The van der Waals surface area contributed by atoms with Gasteiger partial charge in [0.2, 0.25) is 5.75 Å². The minimum Gasteiger partial charge on any atom is -0.493 e. The predicted molar refractivity (Wildman–Crippen MR) is 68.7 cm³/mol. The Morgan fingerprint density at radius 2 is 1.79 bits per heavy atom. The Morgan fingerprint density at radius 1 is 1.16 bits per heavy atom. The molecule has 2 atom stereocenters. The van der Waals surface area contributed by atoms with Gasteiger partial charge in [-0.15, -0.1) is 0 Å². The van der Waals surface area contributed by atoms with Crippen LogP contribution in [0.2, 0.25) is 0 Å². The van der Waals surface area contributed by atoms with E-state index in [2.05, 4.69) is 0 Å². The third-order valence-electron chi connectivity index (χ3n) is 3.00. The molecule has 2 rings (SSSR count). The summed E-state index contributed by atoms with van der Waals surface area (Å²) in [6.07, 6.45) is -0.536. The Labute approximate surface area is 112 Å². The molecule has 19 heavy (non-hydrogen) atoms. The molecule has 1 aliphatic heterocycles. The lowest BCUT2D eigenvalue weighted by Crippen LogP contribution is -2.20. The maximum Gasteiger partial charge on any atom is 0.203 e. The van der Waals surface area contributed by atoms with Crippen LogP contribution >= 0.6 is 0 Å². The molecule has 2 N–H and O–H groups in total. The van der Waals surface area contributed by atoms with Crippen LogP contribution in [0.15, 0.2) is 12.1 Å². The van der Waals surface area contributed by atoms with Crippen LogP contribution in [-0.2, 0) is 9.47 Å². The van der Waals surface area contributed by atoms with E-state index < -0.39 is 0 Å². The molecule has 106 valence electrons. The van der Waals surface area contributed by atoms with Crippen LogP contribution in [0.1, 0.15) is 11.7 Å². The van der Waals surface area contributed by atoms with E-state index in [1.54, 1.807) is 21.3 Å². The van der Waals surface area contributed by atoms with E-state index in [4.69, 9.17) is 29.4 Å². The lowest BCUT2D eigenvalue weighted by atomic mass is 10.1. The molecule has 1 fully saturated rings. The lowest BCUT2D eigenvalue weighted by Gasteiger charge is -2.16. The highest BCUT2D eigenvalue weighted by Crippen LogP contribution is 2.41. The molecule has 0 radical (unpaired) electrons. The second-order valence-corrected chi connectivity index (χ2v) is 4.08. The van der Waals surface area contributed by atoms with Crippen LogP contribution in [0.3, 0.4) is 0 Å². The summed E-state index contributed by atoms with van der Waals surface area (Å²) in [6, 6.07) is 3.71. The van der Waals surface area contributed by atoms with Gasteiger partial charge in [0.25, 0.3) is 0 Å². The van der Waals surface area contributed by atoms with Gasteiger partial charge in [-0.25, -0.2) is 0 Å². The van der Waals surface area contributed by atoms with Crippen molar-refractivity contribution in [2.75, 3.05) is 34.5 Å². The highest BCUT2D eigenvalue weighted by Gasteiger charge is 2.28. The van der Waals surface area contributed by atoms with Crippen molar-refractivity contribution < 1.29 is 23.7 Å². The third-order valence-corrected chi connectivity index (χ3v) is 3.00. The van der Waals surface area contributed by atoms with Crippen LogP contribution in [-0.4, -0.2) is 40.8 Å². The number of nitrogens with two attached hydrogens (primary N) is 1.